The number of halogens is 1. The van der Waals surface area contributed by atoms with Crippen LogP contribution in [-0.4, -0.2) is 25.1 Å². The third-order valence-electron chi connectivity index (χ3n) is 5.11. The van der Waals surface area contributed by atoms with E-state index >= 15 is 0 Å². The van der Waals surface area contributed by atoms with Crippen LogP contribution < -0.4 is 4.90 Å². The number of hydrogen-bond donors (Lipinski definition) is 0. The predicted octanol–water partition coefficient (Wildman–Crippen LogP) is 5.04. The highest BCUT2D eigenvalue weighted by atomic mass is 32.2. The number of rotatable bonds is 7. The molecular formula is C23H21FN2O4S2. The number of carbonyl (C=O) groups is 1. The van der Waals surface area contributed by atoms with Crippen molar-refractivity contribution in [2.45, 2.75) is 31.7 Å². The average Bonchev–Trinajstić information content (AvgIpc) is 3.44. The molecule has 32 heavy (non-hydrogen) atoms. The highest BCUT2D eigenvalue weighted by molar-refractivity contribution is 7.91. The van der Waals surface area contributed by atoms with E-state index in [2.05, 4.69) is 4.98 Å². The number of carbonyl (C=O) groups excluding carboxylic acids is 1. The summed E-state index contributed by atoms with van der Waals surface area (Å²) in [6.07, 6.45) is 1.28. The van der Waals surface area contributed by atoms with Crippen molar-refractivity contribution in [3.05, 3.63) is 77.5 Å². The number of sulfone groups is 1. The Morgan fingerprint density at radius 3 is 2.47 bits per heavy atom. The van der Waals surface area contributed by atoms with E-state index in [-0.39, 0.29) is 23.8 Å². The molecule has 0 saturated heterocycles. The van der Waals surface area contributed by atoms with E-state index in [4.69, 9.17) is 4.42 Å². The Bertz CT molecular complexity index is 1320. The molecule has 0 unspecified atom stereocenters. The van der Waals surface area contributed by atoms with Gasteiger partial charge in [-0.05, 0) is 61.4 Å². The quantitative estimate of drug-likeness (QED) is 0.352. The van der Waals surface area contributed by atoms with Crippen LogP contribution in [0, 0.1) is 19.7 Å². The molecule has 2 aromatic carbocycles. The second-order valence-electron chi connectivity index (χ2n) is 7.46. The number of hydrogen-bond acceptors (Lipinski definition) is 6. The van der Waals surface area contributed by atoms with E-state index in [1.165, 1.54) is 34.6 Å². The van der Waals surface area contributed by atoms with E-state index in [0.29, 0.717) is 10.9 Å². The molecule has 6 nitrogen and oxygen atoms in total. The van der Waals surface area contributed by atoms with Gasteiger partial charge >= 0.3 is 0 Å². The number of furan rings is 1. The lowest BCUT2D eigenvalue weighted by Crippen LogP contribution is -2.31. The Hall–Kier alpha value is -3.04. The first-order chi connectivity index (χ1) is 15.2. The smallest absolute Gasteiger partial charge is 0.230 e. The fraction of sp³-hybridized carbons (Fsp3) is 0.217. The lowest BCUT2D eigenvalue weighted by molar-refractivity contribution is -0.118. The Balaban J connectivity index is 1.62. The molecule has 0 aliphatic heterocycles. The zero-order valence-electron chi connectivity index (χ0n) is 17.5. The van der Waals surface area contributed by atoms with Crippen LogP contribution in [0.15, 0.2) is 64.1 Å². The molecule has 9 heteroatoms. The van der Waals surface area contributed by atoms with Crippen LogP contribution in [0.1, 0.15) is 23.3 Å². The molecule has 0 aliphatic carbocycles. The number of nitrogens with zero attached hydrogens (tertiary/aromatic N) is 2. The summed E-state index contributed by atoms with van der Waals surface area (Å²) >= 11 is 1.39. The molecule has 0 bridgehead atoms. The molecule has 0 radical (unpaired) electrons. The van der Waals surface area contributed by atoms with Gasteiger partial charge in [-0.25, -0.2) is 17.8 Å². The summed E-state index contributed by atoms with van der Waals surface area (Å²) in [6, 6.07) is 12.0. The third-order valence-corrected chi connectivity index (χ3v) is 8.06. The molecule has 4 aromatic rings. The molecule has 0 fully saturated rings. The van der Waals surface area contributed by atoms with Crippen molar-refractivity contribution < 1.29 is 22.0 Å². The molecule has 166 valence electrons. The highest BCUT2D eigenvalue weighted by Crippen LogP contribution is 2.34. The summed E-state index contributed by atoms with van der Waals surface area (Å²) in [4.78, 5) is 19.3. The van der Waals surface area contributed by atoms with Crippen molar-refractivity contribution in [1.29, 1.82) is 0 Å². The molecule has 2 aromatic heterocycles. The van der Waals surface area contributed by atoms with Gasteiger partial charge in [0.15, 0.2) is 15.0 Å². The first kappa shape index (κ1) is 22.2. The maximum absolute atomic E-state index is 13.2. The Morgan fingerprint density at radius 2 is 1.81 bits per heavy atom. The molecule has 0 saturated carbocycles. The van der Waals surface area contributed by atoms with Crippen molar-refractivity contribution in [2.75, 3.05) is 10.7 Å². The molecule has 4 rings (SSSR count). The average molecular weight is 473 g/mol. The van der Waals surface area contributed by atoms with E-state index in [1.54, 1.807) is 12.1 Å². The fourth-order valence-electron chi connectivity index (χ4n) is 3.30. The minimum absolute atomic E-state index is 0.0180. The maximum atomic E-state index is 13.2. The second kappa shape index (κ2) is 8.84. The topological polar surface area (TPSA) is 80.5 Å². The summed E-state index contributed by atoms with van der Waals surface area (Å²) in [7, 11) is -3.74. The van der Waals surface area contributed by atoms with Crippen LogP contribution in [0.25, 0.3) is 10.2 Å². The number of amides is 1. The summed E-state index contributed by atoms with van der Waals surface area (Å²) < 4.78 is 44.8. The van der Waals surface area contributed by atoms with Crippen molar-refractivity contribution in [3.63, 3.8) is 0 Å². The number of aryl methyl sites for hydroxylation is 2. The normalized spacial score (nSPS) is 11.7. The van der Waals surface area contributed by atoms with Gasteiger partial charge in [-0.1, -0.05) is 23.5 Å². The Morgan fingerprint density at radius 1 is 1.09 bits per heavy atom. The maximum Gasteiger partial charge on any atom is 0.230 e. The first-order valence-corrected chi connectivity index (χ1v) is 12.4. The van der Waals surface area contributed by atoms with Gasteiger partial charge in [0, 0.05) is 6.42 Å². The number of benzene rings is 2. The van der Waals surface area contributed by atoms with Gasteiger partial charge in [-0.3, -0.25) is 9.69 Å². The van der Waals surface area contributed by atoms with Gasteiger partial charge in [0.05, 0.1) is 33.7 Å². The lowest BCUT2D eigenvalue weighted by atomic mass is 10.1. The minimum atomic E-state index is -3.74. The van der Waals surface area contributed by atoms with Crippen LogP contribution in [0.3, 0.4) is 0 Å². The third kappa shape index (κ3) is 4.58. The zero-order chi connectivity index (χ0) is 22.9. The van der Waals surface area contributed by atoms with E-state index in [9.17, 15) is 17.6 Å². The van der Waals surface area contributed by atoms with Crippen molar-refractivity contribution in [3.8, 4) is 0 Å². The molecule has 0 aliphatic rings. The minimum Gasteiger partial charge on any atom is -0.467 e. The molecule has 2 heterocycles. The molecule has 1 amide bonds. The number of thiazole rings is 1. The second-order valence-corrected chi connectivity index (χ2v) is 10.5. The van der Waals surface area contributed by atoms with E-state index in [1.807, 2.05) is 26.0 Å². The summed E-state index contributed by atoms with van der Waals surface area (Å²) in [6.45, 7) is 4.08. The largest absolute Gasteiger partial charge is 0.467 e. The van der Waals surface area contributed by atoms with Crippen molar-refractivity contribution in [2.24, 2.45) is 0 Å². The monoisotopic (exact) mass is 472 g/mol. The lowest BCUT2D eigenvalue weighted by Gasteiger charge is -2.18. The van der Waals surface area contributed by atoms with Crippen molar-refractivity contribution in [1.82, 2.24) is 4.98 Å². The summed E-state index contributed by atoms with van der Waals surface area (Å²) in [5, 5.41) is 0.484. The van der Waals surface area contributed by atoms with Gasteiger partial charge in [-0.15, -0.1) is 0 Å². The van der Waals surface area contributed by atoms with Gasteiger partial charge in [0.25, 0.3) is 0 Å². The van der Waals surface area contributed by atoms with E-state index in [0.717, 1.165) is 33.5 Å². The van der Waals surface area contributed by atoms with Crippen LogP contribution in [-0.2, 0) is 21.2 Å². The number of aromatic nitrogens is 1. The number of anilines is 1. The standard InChI is InChI=1S/C23H21FN2O4S2/c1-15-5-6-16(2)22-21(15)25-23(31-22)26(14-18-4-3-12-30-18)20(27)11-13-32(28,29)19-9-7-17(24)8-10-19/h3-10,12H,11,13-14H2,1-2H3. The Labute approximate surface area is 189 Å². The fourth-order valence-corrected chi connectivity index (χ4v) is 5.66. The molecular weight excluding hydrogens is 451 g/mol. The van der Waals surface area contributed by atoms with Gasteiger partial charge in [-0.2, -0.15) is 0 Å². The predicted molar refractivity (Wildman–Crippen MR) is 122 cm³/mol. The number of fused-ring (bicyclic) bond motifs is 1. The van der Waals surface area contributed by atoms with Crippen molar-refractivity contribution >= 4 is 42.4 Å². The molecule has 0 N–H and O–H groups in total. The van der Waals surface area contributed by atoms with Crippen LogP contribution in [0.5, 0.6) is 0 Å². The van der Waals surface area contributed by atoms with Gasteiger partial charge < -0.3 is 4.42 Å². The van der Waals surface area contributed by atoms with Gasteiger partial charge in [0.2, 0.25) is 5.91 Å². The van der Waals surface area contributed by atoms with Crippen LogP contribution >= 0.6 is 11.3 Å². The zero-order valence-corrected chi connectivity index (χ0v) is 19.2. The van der Waals surface area contributed by atoms with Crippen LogP contribution in [0.2, 0.25) is 0 Å². The first-order valence-electron chi connectivity index (χ1n) is 9.92. The van der Waals surface area contributed by atoms with Gasteiger partial charge in [0.1, 0.15) is 11.6 Å². The highest BCUT2D eigenvalue weighted by Gasteiger charge is 2.25. The summed E-state index contributed by atoms with van der Waals surface area (Å²) in [5.74, 6) is -0.741. The summed E-state index contributed by atoms with van der Waals surface area (Å²) in [5.41, 5.74) is 2.87. The van der Waals surface area contributed by atoms with E-state index < -0.39 is 21.4 Å². The van der Waals surface area contributed by atoms with Crippen LogP contribution in [0.4, 0.5) is 9.52 Å². The SMILES string of the molecule is Cc1ccc(C)c2sc(N(Cc3ccco3)C(=O)CCS(=O)(=O)c3ccc(F)cc3)nc12. The molecule has 0 atom stereocenters. The molecule has 0 spiro atoms. The Kier molecular flexibility index (Phi) is 6.12.